The van der Waals surface area contributed by atoms with Crippen molar-refractivity contribution in [2.45, 2.75) is 32.7 Å². The number of nitrogens with zero attached hydrogens (tertiary/aromatic N) is 1. The molecule has 1 fully saturated rings. The lowest BCUT2D eigenvalue weighted by Crippen LogP contribution is -2.29. The van der Waals surface area contributed by atoms with Gasteiger partial charge in [0.05, 0.1) is 37.8 Å². The van der Waals surface area contributed by atoms with Crippen LogP contribution in [-0.2, 0) is 6.54 Å². The second-order valence-corrected chi connectivity index (χ2v) is 8.05. The van der Waals surface area contributed by atoms with Gasteiger partial charge >= 0.3 is 0 Å². The third kappa shape index (κ3) is 3.88. The molecule has 0 saturated carbocycles. The Hall–Kier alpha value is -3.19. The molecule has 0 radical (unpaired) electrons. The highest BCUT2D eigenvalue weighted by Gasteiger charge is 2.24. The van der Waals surface area contributed by atoms with Crippen LogP contribution < -0.4 is 19.6 Å². The number of phenolic OH excluding ortho intramolecular Hbond substituents is 1. The zero-order chi connectivity index (χ0) is 22.8. The molecule has 7 heteroatoms. The van der Waals surface area contributed by atoms with Crippen molar-refractivity contribution >= 4 is 11.0 Å². The first-order chi connectivity index (χ1) is 15.5. The Morgan fingerprint density at radius 2 is 1.66 bits per heavy atom. The lowest BCUT2D eigenvalue weighted by atomic mass is 9.99. The summed E-state index contributed by atoms with van der Waals surface area (Å²) < 4.78 is 22.3. The minimum atomic E-state index is -0.186. The van der Waals surface area contributed by atoms with E-state index in [1.54, 1.807) is 45.4 Å². The Morgan fingerprint density at radius 1 is 0.969 bits per heavy atom. The monoisotopic (exact) mass is 439 g/mol. The van der Waals surface area contributed by atoms with Gasteiger partial charge in [-0.25, -0.2) is 0 Å². The van der Waals surface area contributed by atoms with E-state index in [1.807, 2.05) is 0 Å². The summed E-state index contributed by atoms with van der Waals surface area (Å²) >= 11 is 0. The Labute approximate surface area is 187 Å². The lowest BCUT2D eigenvalue weighted by Gasteiger charge is -2.27. The number of hydrogen-bond acceptors (Lipinski definition) is 7. The molecule has 3 aromatic rings. The van der Waals surface area contributed by atoms with Gasteiger partial charge in [-0.15, -0.1) is 0 Å². The molecule has 1 saturated heterocycles. The van der Waals surface area contributed by atoms with Crippen LogP contribution in [0.4, 0.5) is 0 Å². The molecule has 2 heterocycles. The fourth-order valence-electron chi connectivity index (χ4n) is 4.44. The second kappa shape index (κ2) is 9.12. The molecule has 1 N–H and O–H groups in total. The standard InChI is InChI=1S/C25H29NO6/c1-15-22(16-8-9-19(29-2)20(12-16)30-3)24(28)17-13-21(31-4)23(27)18(25(17)32-15)14-26-10-6-5-7-11-26/h8-9,12-13,27H,5-7,10-11,14H2,1-4H3. The summed E-state index contributed by atoms with van der Waals surface area (Å²) in [6.45, 7) is 4.16. The normalized spacial score (nSPS) is 14.5. The highest BCUT2D eigenvalue weighted by atomic mass is 16.5. The fraction of sp³-hybridized carbons (Fsp3) is 0.400. The van der Waals surface area contributed by atoms with Crippen molar-refractivity contribution < 1.29 is 23.7 Å². The zero-order valence-corrected chi connectivity index (χ0v) is 19.0. The number of piperidine rings is 1. The van der Waals surface area contributed by atoms with Gasteiger partial charge in [0.1, 0.15) is 11.3 Å². The molecule has 1 aliphatic heterocycles. The highest BCUT2D eigenvalue weighted by molar-refractivity contribution is 5.89. The summed E-state index contributed by atoms with van der Waals surface area (Å²) in [4.78, 5) is 15.9. The van der Waals surface area contributed by atoms with Crippen LogP contribution in [0, 0.1) is 6.92 Å². The maximum absolute atomic E-state index is 13.6. The minimum Gasteiger partial charge on any atom is -0.504 e. The second-order valence-electron chi connectivity index (χ2n) is 8.05. The lowest BCUT2D eigenvalue weighted by molar-refractivity contribution is 0.218. The molecule has 32 heavy (non-hydrogen) atoms. The van der Waals surface area contributed by atoms with Gasteiger partial charge in [-0.1, -0.05) is 12.5 Å². The number of ether oxygens (including phenoxy) is 3. The first-order valence-electron chi connectivity index (χ1n) is 10.8. The van der Waals surface area contributed by atoms with Crippen LogP contribution in [0.1, 0.15) is 30.6 Å². The van der Waals surface area contributed by atoms with Crippen molar-refractivity contribution in [1.82, 2.24) is 4.90 Å². The molecular weight excluding hydrogens is 410 g/mol. The number of rotatable bonds is 6. The number of methoxy groups -OCH3 is 3. The van der Waals surface area contributed by atoms with Crippen LogP contribution in [0.2, 0.25) is 0 Å². The van der Waals surface area contributed by atoms with E-state index in [0.717, 1.165) is 25.9 Å². The van der Waals surface area contributed by atoms with Crippen LogP contribution in [0.25, 0.3) is 22.1 Å². The van der Waals surface area contributed by atoms with E-state index in [1.165, 1.54) is 13.5 Å². The Morgan fingerprint density at radius 3 is 2.31 bits per heavy atom. The number of benzene rings is 2. The summed E-state index contributed by atoms with van der Waals surface area (Å²) in [5.41, 5.74) is 1.91. The van der Waals surface area contributed by atoms with Gasteiger partial charge in [0, 0.05) is 6.54 Å². The molecule has 4 rings (SSSR count). The maximum Gasteiger partial charge on any atom is 0.200 e. The van der Waals surface area contributed by atoms with E-state index in [4.69, 9.17) is 18.6 Å². The molecule has 0 unspecified atom stereocenters. The highest BCUT2D eigenvalue weighted by Crippen LogP contribution is 2.39. The Balaban J connectivity index is 1.91. The summed E-state index contributed by atoms with van der Waals surface area (Å²) in [7, 11) is 4.60. The summed E-state index contributed by atoms with van der Waals surface area (Å²) in [5, 5.41) is 11.2. The molecule has 0 amide bonds. The van der Waals surface area contributed by atoms with E-state index >= 15 is 0 Å². The van der Waals surface area contributed by atoms with E-state index in [2.05, 4.69) is 4.90 Å². The largest absolute Gasteiger partial charge is 0.504 e. The molecule has 7 nitrogen and oxygen atoms in total. The smallest absolute Gasteiger partial charge is 0.200 e. The SMILES string of the molecule is COc1ccc(-c2c(C)oc3c(CN4CCCCC4)c(O)c(OC)cc3c2=O)cc1OC. The van der Waals surface area contributed by atoms with Gasteiger partial charge in [-0.3, -0.25) is 9.69 Å². The van der Waals surface area contributed by atoms with Crippen molar-refractivity contribution in [3.8, 4) is 34.1 Å². The zero-order valence-electron chi connectivity index (χ0n) is 19.0. The van der Waals surface area contributed by atoms with Crippen molar-refractivity contribution in [3.05, 3.63) is 45.8 Å². The van der Waals surface area contributed by atoms with Gasteiger partial charge in [-0.05, 0) is 56.6 Å². The number of hydrogen-bond donors (Lipinski definition) is 1. The van der Waals surface area contributed by atoms with Crippen LogP contribution in [-0.4, -0.2) is 44.4 Å². The van der Waals surface area contributed by atoms with Crippen molar-refractivity contribution in [3.63, 3.8) is 0 Å². The number of likely N-dealkylation sites (tertiary alicyclic amines) is 1. The van der Waals surface area contributed by atoms with Crippen molar-refractivity contribution in [2.75, 3.05) is 34.4 Å². The number of fused-ring (bicyclic) bond motifs is 1. The van der Waals surface area contributed by atoms with Crippen LogP contribution >= 0.6 is 0 Å². The molecule has 0 aliphatic carbocycles. The first kappa shape index (κ1) is 22.0. The third-order valence-electron chi connectivity index (χ3n) is 6.11. The molecule has 1 aliphatic rings. The molecular formula is C25H29NO6. The molecule has 0 bridgehead atoms. The Bertz CT molecular complexity index is 1190. The summed E-state index contributed by atoms with van der Waals surface area (Å²) in [6, 6.07) is 6.88. The van der Waals surface area contributed by atoms with E-state index in [9.17, 15) is 9.90 Å². The molecule has 170 valence electrons. The third-order valence-corrected chi connectivity index (χ3v) is 6.11. The summed E-state index contributed by atoms with van der Waals surface area (Å²) in [5.74, 6) is 1.86. The number of phenols is 1. The number of aryl methyl sites for hydroxylation is 1. The molecule has 0 atom stereocenters. The van der Waals surface area contributed by atoms with Gasteiger partial charge < -0.3 is 23.7 Å². The maximum atomic E-state index is 13.6. The number of aromatic hydroxyl groups is 1. The topological polar surface area (TPSA) is 81.4 Å². The van der Waals surface area contributed by atoms with Crippen molar-refractivity contribution in [2.24, 2.45) is 0 Å². The van der Waals surface area contributed by atoms with Crippen molar-refractivity contribution in [1.29, 1.82) is 0 Å². The quantitative estimate of drug-likeness (QED) is 0.606. The van der Waals surface area contributed by atoms with Crippen LogP contribution in [0.3, 0.4) is 0 Å². The predicted molar refractivity (Wildman–Crippen MR) is 123 cm³/mol. The Kier molecular flexibility index (Phi) is 6.28. The van der Waals surface area contributed by atoms with Gasteiger partial charge in [0.2, 0.25) is 5.43 Å². The first-order valence-corrected chi connectivity index (χ1v) is 10.8. The van der Waals surface area contributed by atoms with Gasteiger partial charge in [0.25, 0.3) is 0 Å². The van der Waals surface area contributed by atoms with Gasteiger partial charge in [0.15, 0.2) is 23.0 Å². The van der Waals surface area contributed by atoms with Crippen LogP contribution in [0.15, 0.2) is 33.5 Å². The fourth-order valence-corrected chi connectivity index (χ4v) is 4.44. The van der Waals surface area contributed by atoms with E-state index in [-0.39, 0.29) is 16.9 Å². The summed E-state index contributed by atoms with van der Waals surface area (Å²) in [6.07, 6.45) is 3.45. The average molecular weight is 440 g/mol. The average Bonchev–Trinajstić information content (AvgIpc) is 2.81. The van der Waals surface area contributed by atoms with E-state index in [0.29, 0.717) is 51.5 Å². The van der Waals surface area contributed by atoms with Crippen LogP contribution in [0.5, 0.6) is 23.0 Å². The van der Waals surface area contributed by atoms with E-state index < -0.39 is 0 Å². The predicted octanol–water partition coefficient (Wildman–Crippen LogP) is 4.49. The minimum absolute atomic E-state index is 0.0204. The van der Waals surface area contributed by atoms with Gasteiger partial charge in [-0.2, -0.15) is 0 Å². The molecule has 0 spiro atoms. The molecule has 1 aromatic heterocycles. The molecule has 2 aromatic carbocycles.